The lowest BCUT2D eigenvalue weighted by molar-refractivity contribution is 0.222. The molecule has 126 valence electrons. The molecule has 0 aromatic carbocycles. The highest BCUT2D eigenvalue weighted by Crippen LogP contribution is 2.43. The number of nitrogen functional groups attached to an aromatic ring is 1. The molecule has 23 heavy (non-hydrogen) atoms. The van der Waals surface area contributed by atoms with Gasteiger partial charge < -0.3 is 20.1 Å². The summed E-state index contributed by atoms with van der Waals surface area (Å²) in [5.41, 5.74) is 5.83. The van der Waals surface area contributed by atoms with E-state index in [1.807, 2.05) is 0 Å². The summed E-state index contributed by atoms with van der Waals surface area (Å²) in [6.45, 7) is 0.525. The van der Waals surface area contributed by atoms with Gasteiger partial charge in [-0.2, -0.15) is 4.98 Å². The van der Waals surface area contributed by atoms with Crippen LogP contribution in [0.1, 0.15) is 25.7 Å². The molecule has 0 radical (unpaired) electrons. The Morgan fingerprint density at radius 2 is 2.04 bits per heavy atom. The number of rotatable bonds is 4. The lowest BCUT2D eigenvalue weighted by Crippen LogP contribution is -2.27. The Bertz CT molecular complexity index is 810. The Labute approximate surface area is 132 Å². The van der Waals surface area contributed by atoms with Gasteiger partial charge in [-0.1, -0.05) is 12.8 Å². The van der Waals surface area contributed by atoms with Crippen LogP contribution in [0.15, 0.2) is 11.1 Å². The molecule has 1 saturated carbocycles. The topological polar surface area (TPSA) is 147 Å². The number of nitrogens with two attached hydrogens (primary N) is 1. The number of H-pyrrole nitrogens is 1. The van der Waals surface area contributed by atoms with E-state index in [1.165, 1.54) is 6.33 Å². The zero-order valence-electron chi connectivity index (χ0n) is 12.6. The third-order valence-corrected chi connectivity index (χ3v) is 5.41. The number of anilines is 1. The third kappa shape index (κ3) is 3.63. The van der Waals surface area contributed by atoms with Crippen LogP contribution in [0.2, 0.25) is 0 Å². The average molecular weight is 341 g/mol. The first-order valence-electron chi connectivity index (χ1n) is 7.58. The van der Waals surface area contributed by atoms with Gasteiger partial charge in [0.2, 0.25) is 5.95 Å². The predicted molar refractivity (Wildman–Crippen MR) is 84.9 cm³/mol. The second kappa shape index (κ2) is 6.07. The molecule has 2 aromatic rings. The van der Waals surface area contributed by atoms with Crippen molar-refractivity contribution in [2.24, 2.45) is 11.8 Å². The summed E-state index contributed by atoms with van der Waals surface area (Å²) < 4.78 is 13.1. The van der Waals surface area contributed by atoms with E-state index in [-0.39, 0.29) is 35.0 Å². The van der Waals surface area contributed by atoms with E-state index in [0.717, 1.165) is 25.7 Å². The number of hydrogen-bond acceptors (Lipinski definition) is 5. The number of aromatic nitrogens is 4. The fourth-order valence-corrected chi connectivity index (χ4v) is 4.52. The third-order valence-electron chi connectivity index (χ3n) is 4.46. The Morgan fingerprint density at radius 1 is 1.35 bits per heavy atom. The molecule has 2 aromatic heterocycles. The quantitative estimate of drug-likeness (QED) is 0.598. The Kier molecular flexibility index (Phi) is 4.27. The molecule has 1 aliphatic rings. The molecule has 1 fully saturated rings. The van der Waals surface area contributed by atoms with E-state index in [2.05, 4.69) is 15.0 Å². The van der Waals surface area contributed by atoms with E-state index < -0.39 is 7.60 Å². The molecule has 2 atom stereocenters. The van der Waals surface area contributed by atoms with Crippen molar-refractivity contribution in [3.05, 3.63) is 16.7 Å². The van der Waals surface area contributed by atoms with Crippen LogP contribution in [0.4, 0.5) is 5.95 Å². The highest BCUT2D eigenvalue weighted by molar-refractivity contribution is 7.51. The van der Waals surface area contributed by atoms with E-state index >= 15 is 0 Å². The summed E-state index contributed by atoms with van der Waals surface area (Å²) in [6.07, 6.45) is 5.15. The fraction of sp³-hybridized carbons (Fsp3) is 0.615. The molecule has 2 heterocycles. The van der Waals surface area contributed by atoms with Crippen molar-refractivity contribution in [3.8, 4) is 0 Å². The normalized spacial score (nSPS) is 22.5. The van der Waals surface area contributed by atoms with E-state index in [9.17, 15) is 19.1 Å². The number of aromatic amines is 1. The van der Waals surface area contributed by atoms with Gasteiger partial charge in [-0.15, -0.1) is 0 Å². The minimum Gasteiger partial charge on any atom is -0.369 e. The zero-order chi connectivity index (χ0) is 16.6. The maximum atomic E-state index is 11.8. The Morgan fingerprint density at radius 3 is 2.74 bits per heavy atom. The first-order valence-corrected chi connectivity index (χ1v) is 9.38. The average Bonchev–Trinajstić information content (AvgIpc) is 2.83. The maximum absolute atomic E-state index is 11.8. The second-order valence-electron chi connectivity index (χ2n) is 6.17. The van der Waals surface area contributed by atoms with Crippen molar-refractivity contribution in [1.82, 2.24) is 19.5 Å². The van der Waals surface area contributed by atoms with Crippen LogP contribution in [0, 0.1) is 11.8 Å². The summed E-state index contributed by atoms with van der Waals surface area (Å²) in [6, 6.07) is 0. The Hall–Kier alpha value is -1.70. The summed E-state index contributed by atoms with van der Waals surface area (Å²) in [5, 5.41) is 0. The lowest BCUT2D eigenvalue weighted by Gasteiger charge is -2.31. The molecule has 9 nitrogen and oxygen atoms in total. The van der Waals surface area contributed by atoms with Gasteiger partial charge >= 0.3 is 7.60 Å². The molecular formula is C13H20N5O4P. The number of hydrogen-bond donors (Lipinski definition) is 4. The minimum absolute atomic E-state index is 0.0275. The van der Waals surface area contributed by atoms with Gasteiger partial charge in [0.1, 0.15) is 0 Å². The van der Waals surface area contributed by atoms with Crippen LogP contribution in [0.3, 0.4) is 0 Å². The molecule has 10 heteroatoms. The van der Waals surface area contributed by atoms with Gasteiger partial charge in [0.25, 0.3) is 5.56 Å². The van der Waals surface area contributed by atoms with Crippen molar-refractivity contribution in [2.45, 2.75) is 32.2 Å². The lowest BCUT2D eigenvalue weighted by atomic mass is 9.80. The maximum Gasteiger partial charge on any atom is 0.325 e. The van der Waals surface area contributed by atoms with Gasteiger partial charge in [0.05, 0.1) is 12.5 Å². The van der Waals surface area contributed by atoms with Crippen LogP contribution < -0.4 is 11.3 Å². The van der Waals surface area contributed by atoms with Crippen LogP contribution in [-0.4, -0.2) is 35.5 Å². The number of fused-ring (bicyclic) bond motifs is 1. The first kappa shape index (κ1) is 16.2. The second-order valence-corrected chi connectivity index (χ2v) is 7.87. The van der Waals surface area contributed by atoms with E-state index in [0.29, 0.717) is 12.2 Å². The number of nitrogens with one attached hydrogen (secondary N) is 1. The van der Waals surface area contributed by atoms with E-state index in [1.54, 1.807) is 4.57 Å². The SMILES string of the molecule is Nc1nc2c(ncn2CC2CCCCC2CP(=O)(O)O)c(=O)[nH]1. The van der Waals surface area contributed by atoms with Crippen molar-refractivity contribution >= 4 is 24.7 Å². The van der Waals surface area contributed by atoms with Crippen molar-refractivity contribution < 1.29 is 14.4 Å². The van der Waals surface area contributed by atoms with Crippen LogP contribution in [-0.2, 0) is 11.1 Å². The summed E-state index contributed by atoms with van der Waals surface area (Å²) in [7, 11) is -4.04. The molecule has 0 amide bonds. The van der Waals surface area contributed by atoms with Crippen molar-refractivity contribution in [1.29, 1.82) is 0 Å². The summed E-state index contributed by atoms with van der Waals surface area (Å²) >= 11 is 0. The fourth-order valence-electron chi connectivity index (χ4n) is 3.43. The highest BCUT2D eigenvalue weighted by Gasteiger charge is 2.31. The molecule has 0 bridgehead atoms. The molecule has 3 rings (SSSR count). The summed E-state index contributed by atoms with van der Waals surface area (Å²) in [4.78, 5) is 41.0. The predicted octanol–water partition coefficient (Wildman–Crippen LogP) is 0.686. The molecule has 5 N–H and O–H groups in total. The van der Waals surface area contributed by atoms with Crippen LogP contribution >= 0.6 is 7.60 Å². The highest BCUT2D eigenvalue weighted by atomic mass is 31.2. The summed E-state index contributed by atoms with van der Waals surface area (Å²) in [5.74, 6) is 0.108. The number of imidazole rings is 1. The molecule has 0 spiro atoms. The standard InChI is InChI=1S/C13H20N5O4P/c14-13-16-11-10(12(19)17-13)15-7-18(11)5-8-3-1-2-4-9(8)6-23(20,21)22/h7-9H,1-6H2,(H2,20,21,22)(H3,14,16,17,19). The van der Waals surface area contributed by atoms with Gasteiger partial charge in [-0.25, -0.2) is 4.98 Å². The molecule has 1 aliphatic carbocycles. The van der Waals surface area contributed by atoms with Crippen LogP contribution in [0.5, 0.6) is 0 Å². The monoisotopic (exact) mass is 341 g/mol. The molecule has 0 aliphatic heterocycles. The van der Waals surface area contributed by atoms with Crippen molar-refractivity contribution in [2.75, 3.05) is 11.9 Å². The van der Waals surface area contributed by atoms with Gasteiger partial charge in [-0.05, 0) is 24.7 Å². The Balaban J connectivity index is 1.88. The van der Waals surface area contributed by atoms with Gasteiger partial charge in [0, 0.05) is 6.54 Å². The minimum atomic E-state index is -4.04. The van der Waals surface area contributed by atoms with Gasteiger partial charge in [-0.3, -0.25) is 14.3 Å². The van der Waals surface area contributed by atoms with Crippen LogP contribution in [0.25, 0.3) is 11.2 Å². The first-order chi connectivity index (χ1) is 10.8. The van der Waals surface area contributed by atoms with Crippen molar-refractivity contribution in [3.63, 3.8) is 0 Å². The molecular weight excluding hydrogens is 321 g/mol. The molecule has 0 saturated heterocycles. The van der Waals surface area contributed by atoms with E-state index in [4.69, 9.17) is 5.73 Å². The smallest absolute Gasteiger partial charge is 0.325 e. The molecule has 2 unspecified atom stereocenters. The number of nitrogens with zero attached hydrogens (tertiary/aromatic N) is 3. The van der Waals surface area contributed by atoms with Gasteiger partial charge in [0.15, 0.2) is 11.2 Å². The largest absolute Gasteiger partial charge is 0.369 e. The zero-order valence-corrected chi connectivity index (χ0v) is 13.4.